The highest BCUT2D eigenvalue weighted by Gasteiger charge is 2.49. The van der Waals surface area contributed by atoms with Crippen LogP contribution in [0.15, 0.2) is 192 Å². The third-order valence-corrected chi connectivity index (χ3v) is 28.0. The summed E-state index contributed by atoms with van der Waals surface area (Å²) in [5, 5.41) is 19.9. The zero-order valence-corrected chi connectivity index (χ0v) is 81.7. The number of benzene rings is 9. The van der Waals surface area contributed by atoms with E-state index < -0.39 is 17.0 Å². The Hall–Kier alpha value is -4.01. The van der Waals surface area contributed by atoms with E-state index >= 15 is 0 Å². The Bertz CT molecular complexity index is 4710. The number of carbonyl (C=O) groups is 4. The second kappa shape index (κ2) is 44.9. The third kappa shape index (κ3) is 26.0. The summed E-state index contributed by atoms with van der Waals surface area (Å²) in [5.74, 6) is 3.79. The van der Waals surface area contributed by atoms with Gasteiger partial charge in [0.25, 0.3) is 5.24 Å². The van der Waals surface area contributed by atoms with E-state index in [0.29, 0.717) is 44.8 Å². The quantitative estimate of drug-likeness (QED) is 0.0546. The van der Waals surface area contributed by atoms with Gasteiger partial charge in [0, 0.05) is 64.8 Å². The van der Waals surface area contributed by atoms with Crippen molar-refractivity contribution in [3.05, 3.63) is 279 Å². The lowest BCUT2D eigenvalue weighted by atomic mass is 9.72. The second-order valence-corrected chi connectivity index (χ2v) is 38.6. The van der Waals surface area contributed by atoms with Crippen LogP contribution < -0.4 is 18.9 Å². The van der Waals surface area contributed by atoms with Gasteiger partial charge in [0.1, 0.15) is 29.1 Å². The zero-order valence-electron chi connectivity index (χ0n) is 64.4. The molecule has 0 aromatic heterocycles. The Morgan fingerprint density at radius 2 is 0.876 bits per heavy atom. The molecule has 0 bridgehead atoms. The van der Waals surface area contributed by atoms with Crippen molar-refractivity contribution in [2.75, 3.05) is 26.4 Å². The molecule has 22 heteroatoms. The molecule has 0 radical (unpaired) electrons. The molecular weight excluding hydrogens is 2230 g/mol. The fourth-order valence-corrected chi connectivity index (χ4v) is 18.6. The molecule has 2 saturated heterocycles. The maximum Gasteiger partial charge on any atom is 0.336 e. The normalized spacial score (nSPS) is 20.8. The molecule has 1 unspecified atom stereocenters. The summed E-state index contributed by atoms with van der Waals surface area (Å²) in [5.41, 5.74) is 13.3. The lowest BCUT2D eigenvalue weighted by Crippen LogP contribution is -2.51. The summed E-state index contributed by atoms with van der Waals surface area (Å²) in [7, 11) is 0. The van der Waals surface area contributed by atoms with E-state index in [1.165, 1.54) is 47.8 Å². The number of carbonyl (C=O) groups excluding carboxylic acids is 3. The van der Waals surface area contributed by atoms with Crippen molar-refractivity contribution in [3.63, 3.8) is 0 Å². The molecule has 12 nitrogen and oxygen atoms in total. The highest BCUT2D eigenvalue weighted by atomic mass is 127. The first-order valence-corrected chi connectivity index (χ1v) is 46.7. The van der Waals surface area contributed by atoms with Gasteiger partial charge in [-0.25, -0.2) is 4.79 Å². The predicted molar refractivity (Wildman–Crippen MR) is 503 cm³/mol. The molecule has 15 rings (SSSR count). The van der Waals surface area contributed by atoms with Gasteiger partial charge in [-0.3, -0.25) is 14.4 Å². The van der Waals surface area contributed by atoms with E-state index in [2.05, 4.69) is 291 Å². The summed E-state index contributed by atoms with van der Waals surface area (Å²) in [4.78, 5) is 45.2. The zero-order chi connectivity index (χ0) is 81.8. The summed E-state index contributed by atoms with van der Waals surface area (Å²) < 4.78 is 42.7. The first-order valence-electron chi connectivity index (χ1n) is 38.1. The Kier molecular flexibility index (Phi) is 36.9. The first-order chi connectivity index (χ1) is 54.0. The largest absolute Gasteiger partial charge is 0.493 e. The average molecular weight is 2320 g/mol. The Morgan fingerprint density at radius 1 is 0.460 bits per heavy atom. The molecular formula is C91H94Br5ClI4O12. The van der Waals surface area contributed by atoms with Crippen molar-refractivity contribution >= 4 is 205 Å². The lowest BCUT2D eigenvalue weighted by molar-refractivity contribution is -0.316. The number of aliphatic hydroxyl groups is 1. The number of carboxylic acids is 1. The number of fused-ring (bicyclic) bond motifs is 4. The topological polar surface area (TPSA) is 164 Å². The van der Waals surface area contributed by atoms with Crippen molar-refractivity contribution < 1.29 is 57.8 Å². The van der Waals surface area contributed by atoms with Crippen LogP contribution in [0, 0.1) is 49.8 Å². The summed E-state index contributed by atoms with van der Waals surface area (Å²) in [6, 6.07) is 56.1. The van der Waals surface area contributed by atoms with Crippen LogP contribution >= 0.6 is 182 Å². The fourth-order valence-electron chi connectivity index (χ4n) is 14.2. The monoisotopic (exact) mass is 2320 g/mol. The van der Waals surface area contributed by atoms with E-state index in [-0.39, 0.29) is 35.8 Å². The molecule has 0 spiro atoms. The van der Waals surface area contributed by atoms with Crippen LogP contribution in [0.1, 0.15) is 181 Å². The molecule has 0 saturated carbocycles. The van der Waals surface area contributed by atoms with E-state index in [1.54, 1.807) is 24.3 Å². The number of carboxylic acid groups (broad SMARTS) is 1. The van der Waals surface area contributed by atoms with Crippen molar-refractivity contribution in [1.82, 2.24) is 0 Å². The number of aryl methyl sites for hydroxylation is 4. The number of para-hydroxylation sites is 1. The predicted octanol–water partition coefficient (Wildman–Crippen LogP) is 26.2. The molecule has 9 aromatic carbocycles. The van der Waals surface area contributed by atoms with E-state index in [9.17, 15) is 24.3 Å². The van der Waals surface area contributed by atoms with Gasteiger partial charge in [-0.05, 0) is 400 Å². The van der Waals surface area contributed by atoms with Crippen LogP contribution in [0.5, 0.6) is 23.0 Å². The molecule has 6 aliphatic rings. The standard InChI is InChI=1S/C26H33BrO3.C16H12BrIO2.C16H14BrIO.C10H18O2.C9H10O.C7H3BrClIO.C7H4BrIO2/c1-5-24-17(3)16(2)18(4)26(28,30-24)22-9-10-23(27)21(15-22)14-19-8-11-25-20(13-19)7-6-12-29-25;17-14-5-4-12(18)9-13(14)16(19)11-3-6-15-10(8-11)2-1-7-20-15;17-15-5-4-14(18)10-13(15)9-11-3-6-16-12(8-11)2-1-7-19-16;1-5-9-7(3)6(2)8(4)10(11)12-9;1-2-6-9-8(4-1)5-3-7-10-9;8-6-2-1-4(10)3-5(6)7(9)11;8-6-2-1-4(9)3-5(6)7(10)11/h8-11,13,15-18,24,28H,5-7,12,14H2,1-4H3;3-6,8-9H,1-2,7H2;3-6,8,10H,1-2,7,9H2;6-9H,5H2,1-4H3;1-2,4,6H,3,5,7H2;1-3H;1-3H,(H,10,11)/t16-,17-,18+,24+,26?;;;6-,7-,8+,9+;;;/m0..0.../s1. The molecule has 6 heterocycles. The van der Waals surface area contributed by atoms with Crippen LogP contribution in [0.25, 0.3) is 0 Å². The van der Waals surface area contributed by atoms with Crippen LogP contribution in [0.3, 0.4) is 0 Å². The number of hydrogen-bond acceptors (Lipinski definition) is 11. The Labute approximate surface area is 767 Å². The second-order valence-electron chi connectivity index (χ2n) is 29.0. The minimum absolute atomic E-state index is 0.0187. The number of hydrogen-bond donors (Lipinski definition) is 2. The number of halogens is 10. The molecule has 2 fully saturated rings. The van der Waals surface area contributed by atoms with E-state index in [1.807, 2.05) is 79.7 Å². The molecule has 0 amide bonds. The van der Waals surface area contributed by atoms with Gasteiger partial charge in [-0.15, -0.1) is 0 Å². The fraction of sp³-hybridized carbons (Fsp3) is 0.363. The van der Waals surface area contributed by atoms with Crippen molar-refractivity contribution in [3.8, 4) is 23.0 Å². The first kappa shape index (κ1) is 92.9. The van der Waals surface area contributed by atoms with Crippen LogP contribution in [0.4, 0.5) is 0 Å². The molecule has 113 heavy (non-hydrogen) atoms. The van der Waals surface area contributed by atoms with Gasteiger partial charge >= 0.3 is 11.9 Å². The maximum absolute atomic E-state index is 12.6. The molecule has 9 atom stereocenters. The number of cyclic esters (lactones) is 1. The van der Waals surface area contributed by atoms with Gasteiger partial charge in [0.05, 0.1) is 44.0 Å². The Morgan fingerprint density at radius 3 is 1.36 bits per heavy atom. The third-order valence-electron chi connectivity index (χ3n) is 21.5. The highest BCUT2D eigenvalue weighted by Crippen LogP contribution is 2.47. The van der Waals surface area contributed by atoms with Gasteiger partial charge in [-0.1, -0.05) is 152 Å². The maximum atomic E-state index is 12.6. The van der Waals surface area contributed by atoms with E-state index in [0.717, 1.165) is 166 Å². The number of esters is 1. The van der Waals surface area contributed by atoms with Crippen LogP contribution in [-0.4, -0.2) is 71.8 Å². The van der Waals surface area contributed by atoms with Crippen LogP contribution in [-0.2, 0) is 58.6 Å². The van der Waals surface area contributed by atoms with Crippen molar-refractivity contribution in [1.29, 1.82) is 0 Å². The SMILES string of the molecule is Brc1ccc(I)cc1Cc1ccc2c(c1)CCCO2.CC[C@H]1OC(=O)[C@H](C)[C@@H](C)[C@@H]1C.CC[C@H]1OC(O)(c2ccc(Br)c(Cc3ccc4c(c3)CCCO4)c2)[C@H](C)[C@@H](C)[C@@H]1C.O=C(Cl)c1cc(I)ccc1Br.O=C(O)c1cc(I)ccc1Br.O=C(c1ccc2c(c1)CCCO2)c1cc(I)ccc1Br.c1ccc2c(c1)CCCO2. The smallest absolute Gasteiger partial charge is 0.336 e. The summed E-state index contributed by atoms with van der Waals surface area (Å²) in [6.07, 6.45) is 12.6. The van der Waals surface area contributed by atoms with Crippen molar-refractivity contribution in [2.45, 2.75) is 150 Å². The van der Waals surface area contributed by atoms with Gasteiger partial charge < -0.3 is 38.6 Å². The highest BCUT2D eigenvalue weighted by molar-refractivity contribution is 14.1. The van der Waals surface area contributed by atoms with Gasteiger partial charge in [0.2, 0.25) is 0 Å². The lowest BCUT2D eigenvalue weighted by Gasteiger charge is -2.49. The average Bonchev–Trinajstić information content (AvgIpc) is 0.754. The molecule has 2 N–H and O–H groups in total. The molecule has 9 aromatic rings. The number of aromatic carboxylic acids is 1. The Balaban J connectivity index is 0.000000157. The van der Waals surface area contributed by atoms with Gasteiger partial charge in [0.15, 0.2) is 11.6 Å². The summed E-state index contributed by atoms with van der Waals surface area (Å²) in [6.45, 7) is 20.4. The molecule has 600 valence electrons. The van der Waals surface area contributed by atoms with Crippen LogP contribution in [0.2, 0.25) is 0 Å². The van der Waals surface area contributed by atoms with Gasteiger partial charge in [-0.2, -0.15) is 0 Å². The number of ketones is 1. The minimum atomic E-state index is -1.26. The number of rotatable bonds is 11. The van der Waals surface area contributed by atoms with Crippen molar-refractivity contribution in [2.24, 2.45) is 35.5 Å². The molecule has 0 aliphatic carbocycles. The summed E-state index contributed by atoms with van der Waals surface area (Å²) >= 11 is 31.3. The minimum Gasteiger partial charge on any atom is -0.493 e. The number of ether oxygens (including phenoxy) is 6. The molecule has 6 aliphatic heterocycles. The van der Waals surface area contributed by atoms with E-state index in [4.69, 9.17) is 45.1 Å².